The molecule has 6 heteroatoms. The number of likely N-dealkylation sites (N-methyl/N-ethyl adjacent to an activating group) is 1. The first-order chi connectivity index (χ1) is 11.6. The minimum Gasteiger partial charge on any atom is -0.319 e. The van der Waals surface area contributed by atoms with Gasteiger partial charge < -0.3 is 10.2 Å². The molecule has 0 bridgehead atoms. The molecular formula is C18H24N4O2. The van der Waals surface area contributed by atoms with Crippen molar-refractivity contribution in [1.29, 1.82) is 0 Å². The Kier molecular flexibility index (Phi) is 3.81. The van der Waals surface area contributed by atoms with E-state index in [-0.39, 0.29) is 11.9 Å². The molecule has 2 aliphatic heterocycles. The number of rotatable bonds is 2. The van der Waals surface area contributed by atoms with Crippen molar-refractivity contribution >= 4 is 11.9 Å². The Morgan fingerprint density at radius 2 is 1.88 bits per heavy atom. The second-order valence-electron chi connectivity index (χ2n) is 7.14. The molecule has 0 radical (unpaired) electrons. The van der Waals surface area contributed by atoms with E-state index in [1.165, 1.54) is 10.5 Å². The van der Waals surface area contributed by atoms with Crippen LogP contribution in [0.3, 0.4) is 0 Å². The van der Waals surface area contributed by atoms with Crippen LogP contribution in [0.1, 0.15) is 24.0 Å². The lowest BCUT2D eigenvalue weighted by Crippen LogP contribution is -2.51. The van der Waals surface area contributed by atoms with Crippen LogP contribution >= 0.6 is 0 Å². The molecule has 3 amide bonds. The van der Waals surface area contributed by atoms with E-state index in [1.54, 1.807) is 0 Å². The smallest absolute Gasteiger partial charge is 0.319 e. The second kappa shape index (κ2) is 5.86. The van der Waals surface area contributed by atoms with Crippen molar-refractivity contribution < 1.29 is 9.59 Å². The van der Waals surface area contributed by atoms with E-state index in [0.717, 1.165) is 44.6 Å². The summed E-state index contributed by atoms with van der Waals surface area (Å²) in [5, 5.41) is 3.02. The lowest BCUT2D eigenvalue weighted by atomic mass is 9.76. The fraction of sp³-hybridized carbons (Fsp3) is 0.556. The first-order valence-corrected chi connectivity index (χ1v) is 8.73. The molecule has 2 fully saturated rings. The predicted molar refractivity (Wildman–Crippen MR) is 90.4 cm³/mol. The van der Waals surface area contributed by atoms with Crippen LogP contribution in [0.4, 0.5) is 4.79 Å². The maximum absolute atomic E-state index is 13.2. The van der Waals surface area contributed by atoms with Crippen molar-refractivity contribution in [3.05, 3.63) is 35.4 Å². The lowest BCUT2D eigenvalue weighted by molar-refractivity contribution is -0.133. The van der Waals surface area contributed by atoms with Crippen LogP contribution in [0, 0.1) is 0 Å². The summed E-state index contributed by atoms with van der Waals surface area (Å²) >= 11 is 0. The summed E-state index contributed by atoms with van der Waals surface area (Å²) < 4.78 is 0. The van der Waals surface area contributed by atoms with Gasteiger partial charge in [0.05, 0.1) is 6.67 Å². The third-order valence-corrected chi connectivity index (χ3v) is 5.59. The van der Waals surface area contributed by atoms with Crippen LogP contribution in [-0.4, -0.2) is 66.5 Å². The Morgan fingerprint density at radius 3 is 2.67 bits per heavy atom. The summed E-state index contributed by atoms with van der Waals surface area (Å²) in [5.41, 5.74) is 1.31. The molecule has 1 aromatic rings. The molecule has 1 aliphatic carbocycles. The highest BCUT2D eigenvalue weighted by Crippen LogP contribution is 2.39. The summed E-state index contributed by atoms with van der Waals surface area (Å²) in [6, 6.07) is 7.76. The van der Waals surface area contributed by atoms with Crippen LogP contribution in [0.25, 0.3) is 0 Å². The van der Waals surface area contributed by atoms with Gasteiger partial charge in [-0.25, -0.2) is 9.69 Å². The van der Waals surface area contributed by atoms with Crippen LogP contribution in [0.15, 0.2) is 24.3 Å². The number of amides is 3. The Morgan fingerprint density at radius 1 is 1.12 bits per heavy atom. The Balaban J connectivity index is 1.58. The summed E-state index contributed by atoms with van der Waals surface area (Å²) in [4.78, 5) is 31.6. The minimum absolute atomic E-state index is 0.0846. The Hall–Kier alpha value is -1.92. The molecule has 6 nitrogen and oxygen atoms in total. The van der Waals surface area contributed by atoms with Gasteiger partial charge in [0.2, 0.25) is 0 Å². The van der Waals surface area contributed by atoms with Crippen molar-refractivity contribution in [2.24, 2.45) is 0 Å². The van der Waals surface area contributed by atoms with E-state index < -0.39 is 5.54 Å². The number of hydrogen-bond acceptors (Lipinski definition) is 4. The van der Waals surface area contributed by atoms with Gasteiger partial charge in [0, 0.05) is 26.2 Å². The number of piperazine rings is 1. The third-order valence-electron chi connectivity index (χ3n) is 5.59. The zero-order chi connectivity index (χ0) is 16.7. The largest absolute Gasteiger partial charge is 0.326 e. The summed E-state index contributed by atoms with van der Waals surface area (Å²) in [7, 11) is 2.10. The number of nitrogens with one attached hydrogen (secondary N) is 1. The average molecular weight is 328 g/mol. The zero-order valence-corrected chi connectivity index (χ0v) is 14.1. The van der Waals surface area contributed by atoms with Crippen molar-refractivity contribution in [3.63, 3.8) is 0 Å². The molecule has 0 aromatic heterocycles. The summed E-state index contributed by atoms with van der Waals surface area (Å²) in [5.74, 6) is -0.0846. The summed E-state index contributed by atoms with van der Waals surface area (Å²) in [6.45, 7) is 4.10. The normalized spacial score (nSPS) is 28.3. The molecule has 1 spiro atoms. The predicted octanol–water partition coefficient (Wildman–Crippen LogP) is 0.975. The van der Waals surface area contributed by atoms with Crippen molar-refractivity contribution in [2.45, 2.75) is 24.8 Å². The number of fused-ring (bicyclic) bond motifs is 2. The number of carbonyl (C=O) groups is 2. The van der Waals surface area contributed by atoms with Gasteiger partial charge in [-0.15, -0.1) is 0 Å². The van der Waals surface area contributed by atoms with E-state index in [1.807, 2.05) is 18.2 Å². The van der Waals surface area contributed by atoms with Gasteiger partial charge in [0.25, 0.3) is 5.91 Å². The number of imide groups is 1. The molecule has 0 saturated carbocycles. The number of nitrogens with zero attached hydrogens (tertiary/aromatic N) is 3. The average Bonchev–Trinajstić information content (AvgIpc) is 2.82. The first-order valence-electron chi connectivity index (χ1n) is 8.73. The van der Waals surface area contributed by atoms with E-state index >= 15 is 0 Å². The van der Waals surface area contributed by atoms with E-state index in [4.69, 9.17) is 0 Å². The van der Waals surface area contributed by atoms with Crippen LogP contribution in [0.5, 0.6) is 0 Å². The Bertz CT molecular complexity index is 669. The van der Waals surface area contributed by atoms with Gasteiger partial charge >= 0.3 is 6.03 Å². The van der Waals surface area contributed by atoms with Crippen LogP contribution < -0.4 is 5.32 Å². The van der Waals surface area contributed by atoms with E-state index in [2.05, 4.69) is 28.2 Å². The molecule has 4 rings (SSSR count). The molecule has 1 atom stereocenters. The van der Waals surface area contributed by atoms with Gasteiger partial charge in [-0.05, 0) is 37.4 Å². The van der Waals surface area contributed by atoms with Crippen molar-refractivity contribution in [1.82, 2.24) is 20.0 Å². The molecule has 3 aliphatic rings. The van der Waals surface area contributed by atoms with Gasteiger partial charge in [0.1, 0.15) is 5.54 Å². The van der Waals surface area contributed by atoms with E-state index in [9.17, 15) is 9.59 Å². The molecule has 1 N–H and O–H groups in total. The number of benzene rings is 1. The standard InChI is InChI=1S/C18H24N4O2/c1-20-9-11-21(12-10-20)13-22-16(23)18(19-17(22)24)8-4-6-14-5-2-3-7-15(14)18/h2-3,5,7H,4,6,8-13H2,1H3,(H,19,24)/t18-/m1/s1. The van der Waals surface area contributed by atoms with Crippen LogP contribution in [0.2, 0.25) is 0 Å². The monoisotopic (exact) mass is 328 g/mol. The van der Waals surface area contributed by atoms with Crippen molar-refractivity contribution in [2.75, 3.05) is 39.9 Å². The highest BCUT2D eigenvalue weighted by Gasteiger charge is 2.54. The minimum atomic E-state index is -0.849. The van der Waals surface area contributed by atoms with Gasteiger partial charge in [-0.1, -0.05) is 24.3 Å². The lowest BCUT2D eigenvalue weighted by Gasteiger charge is -2.35. The Labute approximate surface area is 142 Å². The summed E-state index contributed by atoms with van der Waals surface area (Å²) in [6.07, 6.45) is 2.58. The third kappa shape index (κ3) is 2.41. The topological polar surface area (TPSA) is 55.9 Å². The van der Waals surface area contributed by atoms with E-state index in [0.29, 0.717) is 13.1 Å². The molecule has 0 unspecified atom stereocenters. The highest BCUT2D eigenvalue weighted by atomic mass is 16.2. The molecule has 24 heavy (non-hydrogen) atoms. The maximum Gasteiger partial charge on any atom is 0.326 e. The fourth-order valence-electron chi connectivity index (χ4n) is 4.13. The fourth-order valence-corrected chi connectivity index (χ4v) is 4.13. The SMILES string of the molecule is CN1CCN(CN2C(=O)N[C@@]3(CCCc4ccccc43)C2=O)CC1. The second-order valence-corrected chi connectivity index (χ2v) is 7.14. The molecule has 2 heterocycles. The zero-order valence-electron chi connectivity index (χ0n) is 14.1. The quantitative estimate of drug-likeness (QED) is 0.822. The number of carbonyl (C=O) groups excluding carboxylic acids is 2. The van der Waals surface area contributed by atoms with Crippen molar-refractivity contribution in [3.8, 4) is 0 Å². The number of hydrogen-bond donors (Lipinski definition) is 1. The number of urea groups is 1. The highest BCUT2D eigenvalue weighted by molar-refractivity contribution is 6.07. The molecule has 2 saturated heterocycles. The maximum atomic E-state index is 13.2. The molecule has 1 aromatic carbocycles. The van der Waals surface area contributed by atoms with Gasteiger partial charge in [-0.3, -0.25) is 9.69 Å². The first kappa shape index (κ1) is 15.6. The molecule has 128 valence electrons. The number of aryl methyl sites for hydroxylation is 1. The van der Waals surface area contributed by atoms with Gasteiger partial charge in [-0.2, -0.15) is 0 Å². The van der Waals surface area contributed by atoms with Gasteiger partial charge in [0.15, 0.2) is 0 Å². The van der Waals surface area contributed by atoms with Crippen LogP contribution in [-0.2, 0) is 16.8 Å². The molecular weight excluding hydrogens is 304 g/mol.